The number of hydrogen-bond acceptors (Lipinski definition) is 8. The third kappa shape index (κ3) is 13.2. The number of rotatable bonds is 5. The van der Waals surface area contributed by atoms with Crippen molar-refractivity contribution < 1.29 is 29.6 Å². The molecule has 8 atom stereocenters. The number of hydrogen-bond donors (Lipinski definition) is 3. The molecule has 0 unspecified atom stereocenters. The maximum Gasteiger partial charge on any atom is 0.334 e. The summed E-state index contributed by atoms with van der Waals surface area (Å²) in [5.41, 5.74) is 4.94. The van der Waals surface area contributed by atoms with E-state index in [-0.39, 0.29) is 23.9 Å². The molecule has 1 aromatic rings. The molecular formula is C40H59NO6S. The molecule has 1 aliphatic heterocycles. The monoisotopic (exact) mass is 681 g/mol. The van der Waals surface area contributed by atoms with Crippen LogP contribution in [0.2, 0.25) is 0 Å². The van der Waals surface area contributed by atoms with Gasteiger partial charge in [-0.05, 0) is 59.0 Å². The second-order valence-electron chi connectivity index (χ2n) is 13.9. The van der Waals surface area contributed by atoms with E-state index in [9.17, 15) is 20.1 Å². The van der Waals surface area contributed by atoms with E-state index >= 15 is 0 Å². The topological polar surface area (TPSA) is 109 Å². The van der Waals surface area contributed by atoms with Crippen molar-refractivity contribution in [1.29, 1.82) is 0 Å². The van der Waals surface area contributed by atoms with Gasteiger partial charge in [-0.15, -0.1) is 11.3 Å². The number of allylic oxidation sites excluding steroid dienone is 8. The fourth-order valence-electron chi connectivity index (χ4n) is 5.65. The van der Waals surface area contributed by atoms with Crippen LogP contribution in [0.4, 0.5) is 0 Å². The number of carbonyl (C=O) groups is 1. The van der Waals surface area contributed by atoms with Gasteiger partial charge in [-0.25, -0.2) is 9.78 Å². The summed E-state index contributed by atoms with van der Waals surface area (Å²) in [6.07, 6.45) is 15.2. The zero-order valence-electron chi connectivity index (χ0n) is 30.8. The Morgan fingerprint density at radius 2 is 1.69 bits per heavy atom. The van der Waals surface area contributed by atoms with Crippen LogP contribution in [-0.4, -0.2) is 51.7 Å². The average Bonchev–Trinajstić information content (AvgIpc) is 3.50. The van der Waals surface area contributed by atoms with Crippen molar-refractivity contribution in [2.45, 2.75) is 113 Å². The van der Waals surface area contributed by atoms with Gasteiger partial charge < -0.3 is 24.8 Å². The molecule has 0 saturated heterocycles. The van der Waals surface area contributed by atoms with Crippen LogP contribution in [0.3, 0.4) is 0 Å². The predicted octanol–water partition coefficient (Wildman–Crippen LogP) is 8.70. The molecule has 2 heterocycles. The molecule has 2 rings (SSSR count). The molecule has 0 aromatic carbocycles. The summed E-state index contributed by atoms with van der Waals surface area (Å²) in [5.74, 6) is -0.737. The zero-order chi connectivity index (χ0) is 36.1. The summed E-state index contributed by atoms with van der Waals surface area (Å²) in [5, 5.41) is 35.1. The molecular weight excluding hydrogens is 623 g/mol. The minimum Gasteiger partial charge on any atom is -0.452 e. The number of aliphatic hydroxyl groups excluding tert-OH is 3. The van der Waals surface area contributed by atoms with Gasteiger partial charge in [0.15, 0.2) is 6.10 Å². The van der Waals surface area contributed by atoms with Crippen molar-refractivity contribution in [1.82, 2.24) is 4.98 Å². The molecule has 0 saturated carbocycles. The van der Waals surface area contributed by atoms with Crippen LogP contribution in [-0.2, 0) is 14.3 Å². The molecule has 0 aliphatic carbocycles. The van der Waals surface area contributed by atoms with E-state index in [4.69, 9.17) is 14.5 Å². The molecule has 8 heteroatoms. The van der Waals surface area contributed by atoms with Crippen LogP contribution >= 0.6 is 11.3 Å². The van der Waals surface area contributed by atoms with E-state index < -0.39 is 30.4 Å². The Labute approximate surface area is 293 Å². The van der Waals surface area contributed by atoms with Crippen LogP contribution in [0.25, 0.3) is 0 Å². The second kappa shape index (κ2) is 20.0. The number of esters is 1. The van der Waals surface area contributed by atoms with Gasteiger partial charge in [0.05, 0.1) is 24.0 Å². The van der Waals surface area contributed by atoms with Gasteiger partial charge in [0, 0.05) is 35.8 Å². The van der Waals surface area contributed by atoms with E-state index in [1.165, 1.54) is 11.3 Å². The summed E-state index contributed by atoms with van der Waals surface area (Å²) in [6.45, 7) is 19.6. The highest BCUT2D eigenvalue weighted by atomic mass is 32.1. The normalized spacial score (nSPS) is 35.2. The van der Waals surface area contributed by atoms with Crippen molar-refractivity contribution in [3.8, 4) is 0 Å². The van der Waals surface area contributed by atoms with Gasteiger partial charge >= 0.3 is 5.97 Å². The number of aliphatic hydroxyl groups is 3. The van der Waals surface area contributed by atoms with Gasteiger partial charge in [-0.2, -0.15) is 0 Å². The lowest BCUT2D eigenvalue weighted by Gasteiger charge is -2.26. The Bertz CT molecular complexity index is 1410. The minimum absolute atomic E-state index is 0.131. The first kappa shape index (κ1) is 41.3. The summed E-state index contributed by atoms with van der Waals surface area (Å²) < 4.78 is 11.9. The highest BCUT2D eigenvalue weighted by molar-refractivity contribution is 7.09. The van der Waals surface area contributed by atoms with Crippen LogP contribution in [0.15, 0.2) is 87.9 Å². The quantitative estimate of drug-likeness (QED) is 0.211. The van der Waals surface area contributed by atoms with Crippen LogP contribution in [0.1, 0.15) is 105 Å². The lowest BCUT2D eigenvalue weighted by Crippen LogP contribution is -2.30. The summed E-state index contributed by atoms with van der Waals surface area (Å²) in [7, 11) is 1.64. The highest BCUT2D eigenvalue weighted by Gasteiger charge is 2.27. The highest BCUT2D eigenvalue weighted by Crippen LogP contribution is 2.33. The fourth-order valence-corrected chi connectivity index (χ4v) is 6.49. The number of cyclic esters (lactones) is 1. The standard InChI is InChI=1S/C40H59NO6S/c1-24(2)19-36(44)39-41-33(23-48-39)38-29(7)14-12-13-28(6)37(46-11)32(10)34(42)18-16-25(3)20-27(5)21-31(9)35(43)22-26(4)15-17-30(8)40(45)47-38/h12-14,16-18,20-24,29,31-32,34-38,42-44H,15,19H2,1-11H3/b14-12+,18-16+,25-20-,26-22+,27-21-,28-13+,30-17+/t29-,31-,32-,34+,35+,36-,37+,38+/m0/s1. The molecule has 1 aliphatic rings. The summed E-state index contributed by atoms with van der Waals surface area (Å²) >= 11 is 1.37. The molecule has 1 aromatic heterocycles. The molecule has 0 bridgehead atoms. The van der Waals surface area contributed by atoms with Gasteiger partial charge in [0.2, 0.25) is 0 Å². The Kier molecular flexibility index (Phi) is 17.2. The Balaban J connectivity index is 2.55. The molecule has 48 heavy (non-hydrogen) atoms. The minimum atomic E-state index is -0.738. The second-order valence-corrected chi connectivity index (χ2v) is 14.7. The third-order valence-corrected chi connectivity index (χ3v) is 9.56. The number of aromatic nitrogens is 1. The first-order valence-corrected chi connectivity index (χ1v) is 17.9. The first-order valence-electron chi connectivity index (χ1n) is 17.0. The average molecular weight is 682 g/mol. The maximum atomic E-state index is 13.4. The number of carbonyl (C=O) groups excluding carboxylic acids is 1. The lowest BCUT2D eigenvalue weighted by atomic mass is 9.91. The Morgan fingerprint density at radius 1 is 1.00 bits per heavy atom. The fraction of sp³-hybridized carbons (Fsp3) is 0.550. The van der Waals surface area contributed by atoms with E-state index in [0.717, 1.165) is 22.3 Å². The lowest BCUT2D eigenvalue weighted by molar-refractivity contribution is -0.146. The van der Waals surface area contributed by atoms with Crippen molar-refractivity contribution in [2.75, 3.05) is 7.11 Å². The maximum absolute atomic E-state index is 13.4. The van der Waals surface area contributed by atoms with E-state index in [2.05, 4.69) is 13.8 Å². The van der Waals surface area contributed by atoms with Crippen LogP contribution < -0.4 is 0 Å². The molecule has 0 fully saturated rings. The molecule has 0 radical (unpaired) electrons. The molecule has 0 amide bonds. The van der Waals surface area contributed by atoms with Crippen molar-refractivity contribution in [3.63, 3.8) is 0 Å². The predicted molar refractivity (Wildman–Crippen MR) is 197 cm³/mol. The number of ether oxygens (including phenoxy) is 2. The molecule has 3 N–H and O–H groups in total. The Morgan fingerprint density at radius 3 is 2.33 bits per heavy atom. The summed E-state index contributed by atoms with van der Waals surface area (Å²) in [4.78, 5) is 18.1. The number of nitrogens with zero attached hydrogens (tertiary/aromatic N) is 1. The van der Waals surface area contributed by atoms with Crippen LogP contribution in [0, 0.1) is 23.7 Å². The van der Waals surface area contributed by atoms with Crippen molar-refractivity contribution in [2.24, 2.45) is 23.7 Å². The van der Waals surface area contributed by atoms with Crippen LogP contribution in [0.5, 0.6) is 0 Å². The zero-order valence-corrected chi connectivity index (χ0v) is 31.6. The number of methoxy groups -OCH3 is 1. The van der Waals surface area contributed by atoms with E-state index in [0.29, 0.717) is 35.0 Å². The van der Waals surface area contributed by atoms with Crippen molar-refractivity contribution >= 4 is 17.3 Å². The van der Waals surface area contributed by atoms with Gasteiger partial charge in [0.1, 0.15) is 11.1 Å². The molecule has 7 nitrogen and oxygen atoms in total. The molecule has 0 spiro atoms. The van der Waals surface area contributed by atoms with E-state index in [1.54, 1.807) is 20.1 Å². The van der Waals surface area contributed by atoms with E-state index in [1.807, 2.05) is 102 Å². The first-order chi connectivity index (χ1) is 22.5. The smallest absolute Gasteiger partial charge is 0.334 e. The van der Waals surface area contributed by atoms with Crippen molar-refractivity contribution in [3.05, 3.63) is 98.6 Å². The van der Waals surface area contributed by atoms with Gasteiger partial charge in [-0.1, -0.05) is 106 Å². The SMILES string of the molecule is CO[C@@H]1/C(C)=C/C=C/[C@H](C)[C@H](c2csc([C@@H](O)CC(C)C)n2)OC(=O)/C(C)=C/C/C(C)=C/[C@@H](O)[C@@H](C)\C=C(C)/C=C(C)\C=C\[C@@H](O)[C@@H]1C. The van der Waals surface area contributed by atoms with Gasteiger partial charge in [0.25, 0.3) is 0 Å². The van der Waals surface area contributed by atoms with Gasteiger partial charge in [-0.3, -0.25) is 0 Å². The largest absolute Gasteiger partial charge is 0.452 e. The third-order valence-electron chi connectivity index (χ3n) is 8.60. The molecule has 266 valence electrons. The Hall–Kier alpha value is -2.88. The summed E-state index contributed by atoms with van der Waals surface area (Å²) in [6, 6.07) is 0. The number of thiazole rings is 1.